The molecule has 5 heteroatoms. The van der Waals surface area contributed by atoms with Crippen molar-refractivity contribution in [3.63, 3.8) is 0 Å². The Labute approximate surface area is 123 Å². The minimum Gasteiger partial charge on any atom is -0.384 e. The molecule has 106 valence electrons. The third-order valence-electron chi connectivity index (χ3n) is 2.76. The number of hydrogen-bond acceptors (Lipinski definition) is 4. The van der Waals surface area contributed by atoms with Gasteiger partial charge in [-0.1, -0.05) is 25.1 Å². The number of hydrogen-bond donors (Lipinski definition) is 1. The maximum absolute atomic E-state index is 11.9. The van der Waals surface area contributed by atoms with E-state index in [0.717, 1.165) is 24.4 Å². The number of anilines is 1. The van der Waals surface area contributed by atoms with E-state index in [1.54, 1.807) is 24.0 Å². The summed E-state index contributed by atoms with van der Waals surface area (Å²) < 4.78 is 1.51. The van der Waals surface area contributed by atoms with E-state index in [2.05, 4.69) is 29.5 Å². The lowest BCUT2D eigenvalue weighted by Crippen LogP contribution is -2.23. The average Bonchev–Trinajstić information content (AvgIpc) is 2.48. The standard InChI is InChI=1S/C15H19N3OS/c1-2-8-16-13-11-15(19)18(17-12-13)9-10-20-14-6-4-3-5-7-14/h3-7,11-12,16H,2,8-10H2,1H3. The fourth-order valence-electron chi connectivity index (χ4n) is 1.73. The minimum absolute atomic E-state index is 0.0558. The molecule has 1 heterocycles. The van der Waals surface area contributed by atoms with Crippen LogP contribution >= 0.6 is 11.8 Å². The molecule has 0 aliphatic carbocycles. The summed E-state index contributed by atoms with van der Waals surface area (Å²) in [5.74, 6) is 0.832. The lowest BCUT2D eigenvalue weighted by atomic mass is 10.4. The second-order valence-corrected chi connectivity index (χ2v) is 5.56. The minimum atomic E-state index is -0.0558. The number of aryl methyl sites for hydroxylation is 1. The van der Waals surface area contributed by atoms with Gasteiger partial charge in [-0.3, -0.25) is 4.79 Å². The van der Waals surface area contributed by atoms with Crippen molar-refractivity contribution in [1.82, 2.24) is 9.78 Å². The predicted molar refractivity (Wildman–Crippen MR) is 84.4 cm³/mol. The highest BCUT2D eigenvalue weighted by Crippen LogP contribution is 2.16. The van der Waals surface area contributed by atoms with E-state index < -0.39 is 0 Å². The Morgan fingerprint density at radius 2 is 2.10 bits per heavy atom. The summed E-state index contributed by atoms with van der Waals surface area (Å²) >= 11 is 1.73. The van der Waals surface area contributed by atoms with Crippen LogP contribution < -0.4 is 10.9 Å². The Hall–Kier alpha value is -1.75. The van der Waals surface area contributed by atoms with Crippen molar-refractivity contribution in [3.8, 4) is 0 Å². The molecule has 0 amide bonds. The van der Waals surface area contributed by atoms with E-state index >= 15 is 0 Å². The third kappa shape index (κ3) is 4.42. The highest BCUT2D eigenvalue weighted by molar-refractivity contribution is 7.99. The third-order valence-corrected chi connectivity index (χ3v) is 3.76. The molecule has 1 aromatic heterocycles. The monoisotopic (exact) mass is 289 g/mol. The van der Waals surface area contributed by atoms with Gasteiger partial charge in [0.2, 0.25) is 0 Å². The van der Waals surface area contributed by atoms with Gasteiger partial charge in [0, 0.05) is 23.3 Å². The highest BCUT2D eigenvalue weighted by atomic mass is 32.2. The lowest BCUT2D eigenvalue weighted by Gasteiger charge is -2.07. The molecule has 0 saturated heterocycles. The van der Waals surface area contributed by atoms with Crippen LogP contribution in [0.5, 0.6) is 0 Å². The summed E-state index contributed by atoms with van der Waals surface area (Å²) in [6.45, 7) is 3.56. The van der Waals surface area contributed by atoms with Crippen LogP contribution in [0.3, 0.4) is 0 Å². The van der Waals surface area contributed by atoms with Crippen LogP contribution in [-0.4, -0.2) is 22.1 Å². The first-order chi connectivity index (χ1) is 9.79. The van der Waals surface area contributed by atoms with Crippen molar-refractivity contribution in [3.05, 3.63) is 52.9 Å². The van der Waals surface area contributed by atoms with E-state index in [4.69, 9.17) is 0 Å². The summed E-state index contributed by atoms with van der Waals surface area (Å²) in [5.41, 5.74) is 0.739. The maximum Gasteiger partial charge on any atom is 0.268 e. The molecule has 1 aromatic carbocycles. The number of nitrogens with zero attached hydrogens (tertiary/aromatic N) is 2. The summed E-state index contributed by atoms with van der Waals surface area (Å²) in [4.78, 5) is 13.1. The molecule has 0 aliphatic rings. The second kappa shape index (κ2) is 7.75. The van der Waals surface area contributed by atoms with Crippen LogP contribution in [0.25, 0.3) is 0 Å². The van der Waals surface area contributed by atoms with Gasteiger partial charge in [0.05, 0.1) is 18.4 Å². The van der Waals surface area contributed by atoms with Crippen molar-refractivity contribution in [2.45, 2.75) is 24.8 Å². The van der Waals surface area contributed by atoms with Crippen molar-refractivity contribution >= 4 is 17.4 Å². The van der Waals surface area contributed by atoms with Gasteiger partial charge in [0.1, 0.15) is 0 Å². The predicted octanol–water partition coefficient (Wildman–Crippen LogP) is 2.86. The molecule has 0 unspecified atom stereocenters. The van der Waals surface area contributed by atoms with E-state index in [1.807, 2.05) is 18.2 Å². The van der Waals surface area contributed by atoms with Gasteiger partial charge >= 0.3 is 0 Å². The Bertz CT molecular complexity index is 583. The quantitative estimate of drug-likeness (QED) is 0.796. The van der Waals surface area contributed by atoms with E-state index in [0.29, 0.717) is 6.54 Å². The molecule has 4 nitrogen and oxygen atoms in total. The number of thioether (sulfide) groups is 1. The molecule has 0 radical (unpaired) electrons. The van der Waals surface area contributed by atoms with Crippen molar-refractivity contribution < 1.29 is 0 Å². The van der Waals surface area contributed by atoms with Crippen LogP contribution in [0, 0.1) is 0 Å². The Balaban J connectivity index is 1.88. The van der Waals surface area contributed by atoms with Crippen LogP contribution in [0.2, 0.25) is 0 Å². The Morgan fingerprint density at radius 1 is 1.30 bits per heavy atom. The summed E-state index contributed by atoms with van der Waals surface area (Å²) in [6, 6.07) is 11.8. The molecular formula is C15H19N3OS. The van der Waals surface area contributed by atoms with Crippen LogP contribution in [-0.2, 0) is 6.54 Å². The first-order valence-electron chi connectivity index (χ1n) is 6.78. The number of benzene rings is 1. The zero-order chi connectivity index (χ0) is 14.2. The topological polar surface area (TPSA) is 46.9 Å². The van der Waals surface area contributed by atoms with Crippen LogP contribution in [0.15, 0.2) is 52.3 Å². The smallest absolute Gasteiger partial charge is 0.268 e. The van der Waals surface area contributed by atoms with Crippen LogP contribution in [0.1, 0.15) is 13.3 Å². The van der Waals surface area contributed by atoms with Gasteiger partial charge in [0.25, 0.3) is 5.56 Å². The summed E-state index contributed by atoms with van der Waals surface area (Å²) in [5, 5.41) is 7.35. The Morgan fingerprint density at radius 3 is 2.80 bits per heavy atom. The average molecular weight is 289 g/mol. The van der Waals surface area contributed by atoms with E-state index in [-0.39, 0.29) is 5.56 Å². The highest BCUT2D eigenvalue weighted by Gasteiger charge is 2.00. The zero-order valence-electron chi connectivity index (χ0n) is 11.6. The van der Waals surface area contributed by atoms with Gasteiger partial charge in [-0.05, 0) is 18.6 Å². The van der Waals surface area contributed by atoms with E-state index in [9.17, 15) is 4.79 Å². The van der Waals surface area contributed by atoms with E-state index in [1.165, 1.54) is 9.58 Å². The molecule has 2 aromatic rings. The SMILES string of the molecule is CCCNc1cnn(CCSc2ccccc2)c(=O)c1. The molecule has 20 heavy (non-hydrogen) atoms. The molecule has 1 N–H and O–H groups in total. The second-order valence-electron chi connectivity index (χ2n) is 4.39. The summed E-state index contributed by atoms with van der Waals surface area (Å²) in [6.07, 6.45) is 2.74. The fraction of sp³-hybridized carbons (Fsp3) is 0.333. The molecule has 0 bridgehead atoms. The lowest BCUT2D eigenvalue weighted by molar-refractivity contribution is 0.621. The van der Waals surface area contributed by atoms with Gasteiger partial charge in [-0.15, -0.1) is 11.8 Å². The number of aromatic nitrogens is 2. The molecule has 0 spiro atoms. The van der Waals surface area contributed by atoms with Crippen molar-refractivity contribution in [1.29, 1.82) is 0 Å². The maximum atomic E-state index is 11.9. The molecular weight excluding hydrogens is 270 g/mol. The normalized spacial score (nSPS) is 10.4. The van der Waals surface area contributed by atoms with Crippen molar-refractivity contribution in [2.24, 2.45) is 0 Å². The molecule has 2 rings (SSSR count). The van der Waals surface area contributed by atoms with Gasteiger partial charge in [-0.25, -0.2) is 4.68 Å². The summed E-state index contributed by atoms with van der Waals surface area (Å²) in [7, 11) is 0. The zero-order valence-corrected chi connectivity index (χ0v) is 12.4. The molecule has 0 fully saturated rings. The van der Waals surface area contributed by atoms with Crippen molar-refractivity contribution in [2.75, 3.05) is 17.6 Å². The fourth-order valence-corrected chi connectivity index (χ4v) is 2.58. The van der Waals surface area contributed by atoms with Gasteiger partial charge in [-0.2, -0.15) is 5.10 Å². The first-order valence-corrected chi connectivity index (χ1v) is 7.77. The first kappa shape index (κ1) is 14.7. The molecule has 0 saturated carbocycles. The van der Waals surface area contributed by atoms with Gasteiger partial charge < -0.3 is 5.32 Å². The number of rotatable bonds is 7. The molecule has 0 aliphatic heterocycles. The molecule has 0 atom stereocenters. The largest absolute Gasteiger partial charge is 0.384 e. The van der Waals surface area contributed by atoms with Crippen LogP contribution in [0.4, 0.5) is 5.69 Å². The Kier molecular flexibility index (Phi) is 5.68. The van der Waals surface area contributed by atoms with Gasteiger partial charge in [0.15, 0.2) is 0 Å². The number of nitrogens with one attached hydrogen (secondary N) is 1.